The average molecular weight is 367 g/mol. The standard InChI is InChI=1S/C14H18BrF3N2O/c1-13(2,20(3)4)8-19-12(21)10-7-9(14(16,17)18)5-6-11(10)15/h5-7H,8H2,1-4H3,(H,19,21). The van der Waals surface area contributed by atoms with Crippen molar-refractivity contribution < 1.29 is 18.0 Å². The number of rotatable bonds is 4. The highest BCUT2D eigenvalue weighted by molar-refractivity contribution is 9.10. The van der Waals surface area contributed by atoms with Gasteiger partial charge in [0.15, 0.2) is 0 Å². The van der Waals surface area contributed by atoms with Crippen LogP contribution in [0.1, 0.15) is 29.8 Å². The van der Waals surface area contributed by atoms with Crippen molar-refractivity contribution in [3.8, 4) is 0 Å². The maximum atomic E-state index is 12.7. The van der Waals surface area contributed by atoms with Gasteiger partial charge >= 0.3 is 6.18 Å². The fourth-order valence-electron chi connectivity index (χ4n) is 1.43. The molecule has 1 amide bonds. The van der Waals surface area contributed by atoms with Gasteiger partial charge in [-0.2, -0.15) is 13.2 Å². The lowest BCUT2D eigenvalue weighted by molar-refractivity contribution is -0.137. The van der Waals surface area contributed by atoms with Gasteiger partial charge in [0.05, 0.1) is 11.1 Å². The van der Waals surface area contributed by atoms with Crippen LogP contribution in [0.15, 0.2) is 22.7 Å². The quantitative estimate of drug-likeness (QED) is 0.883. The number of halogens is 4. The van der Waals surface area contributed by atoms with Crippen LogP contribution in [0.5, 0.6) is 0 Å². The Bertz CT molecular complexity index is 527. The second kappa shape index (κ2) is 6.36. The van der Waals surface area contributed by atoms with Crippen LogP contribution in [0, 0.1) is 0 Å². The number of nitrogens with zero attached hydrogens (tertiary/aromatic N) is 1. The molecule has 0 heterocycles. The van der Waals surface area contributed by atoms with E-state index in [1.807, 2.05) is 32.8 Å². The Morgan fingerprint density at radius 2 is 1.86 bits per heavy atom. The van der Waals surface area contributed by atoms with E-state index in [1.54, 1.807) is 0 Å². The summed E-state index contributed by atoms with van der Waals surface area (Å²) in [7, 11) is 3.73. The normalized spacial score (nSPS) is 12.6. The average Bonchev–Trinajstić information content (AvgIpc) is 2.35. The first kappa shape index (κ1) is 18.0. The van der Waals surface area contributed by atoms with Crippen molar-refractivity contribution in [1.82, 2.24) is 10.2 Å². The Kier molecular flexibility index (Phi) is 5.44. The zero-order valence-corrected chi connectivity index (χ0v) is 13.9. The van der Waals surface area contributed by atoms with Crippen molar-refractivity contribution in [2.45, 2.75) is 25.6 Å². The summed E-state index contributed by atoms with van der Waals surface area (Å²) in [4.78, 5) is 14.0. The van der Waals surface area contributed by atoms with Crippen LogP contribution >= 0.6 is 15.9 Å². The van der Waals surface area contributed by atoms with E-state index in [-0.39, 0.29) is 11.1 Å². The Morgan fingerprint density at radius 3 is 2.33 bits per heavy atom. The molecule has 0 radical (unpaired) electrons. The van der Waals surface area contributed by atoms with Gasteiger partial charge in [-0.15, -0.1) is 0 Å². The molecule has 0 unspecified atom stereocenters. The predicted octanol–water partition coefficient (Wildman–Crippen LogP) is 3.54. The minimum atomic E-state index is -4.47. The summed E-state index contributed by atoms with van der Waals surface area (Å²) in [5.41, 5.74) is -1.17. The maximum Gasteiger partial charge on any atom is 0.416 e. The molecule has 0 bridgehead atoms. The SMILES string of the molecule is CN(C)C(C)(C)CNC(=O)c1cc(C(F)(F)F)ccc1Br. The molecule has 21 heavy (non-hydrogen) atoms. The van der Waals surface area contributed by atoms with Gasteiger partial charge in [-0.05, 0) is 62.1 Å². The van der Waals surface area contributed by atoms with Crippen molar-refractivity contribution in [2.75, 3.05) is 20.6 Å². The van der Waals surface area contributed by atoms with E-state index in [0.29, 0.717) is 11.0 Å². The highest BCUT2D eigenvalue weighted by atomic mass is 79.9. The largest absolute Gasteiger partial charge is 0.416 e. The van der Waals surface area contributed by atoms with Gasteiger partial charge < -0.3 is 10.2 Å². The summed E-state index contributed by atoms with van der Waals surface area (Å²) in [6.45, 7) is 4.17. The number of hydrogen-bond donors (Lipinski definition) is 1. The van der Waals surface area contributed by atoms with Gasteiger partial charge in [0.1, 0.15) is 0 Å². The van der Waals surface area contributed by atoms with Crippen LogP contribution in [0.4, 0.5) is 13.2 Å². The molecule has 0 spiro atoms. The smallest absolute Gasteiger partial charge is 0.350 e. The molecule has 0 aliphatic rings. The monoisotopic (exact) mass is 366 g/mol. The van der Waals surface area contributed by atoms with E-state index in [2.05, 4.69) is 21.2 Å². The molecule has 3 nitrogen and oxygen atoms in total. The second-order valence-electron chi connectivity index (χ2n) is 5.58. The van der Waals surface area contributed by atoms with Crippen molar-refractivity contribution in [1.29, 1.82) is 0 Å². The fourth-order valence-corrected chi connectivity index (χ4v) is 1.85. The number of carbonyl (C=O) groups excluding carboxylic acids is 1. The maximum absolute atomic E-state index is 12.7. The molecule has 0 aliphatic heterocycles. The van der Waals surface area contributed by atoms with Crippen molar-refractivity contribution in [3.05, 3.63) is 33.8 Å². The van der Waals surface area contributed by atoms with Crippen LogP contribution in [0.2, 0.25) is 0 Å². The first-order valence-electron chi connectivity index (χ1n) is 6.27. The number of amides is 1. The van der Waals surface area contributed by atoms with Crippen LogP contribution in [-0.2, 0) is 6.18 Å². The number of carbonyl (C=O) groups is 1. The molecule has 1 aromatic carbocycles. The van der Waals surface area contributed by atoms with Crippen molar-refractivity contribution in [3.63, 3.8) is 0 Å². The lowest BCUT2D eigenvalue weighted by atomic mass is 10.0. The molecule has 1 N–H and O–H groups in total. The molecular formula is C14H18BrF3N2O. The number of benzene rings is 1. The highest BCUT2D eigenvalue weighted by Crippen LogP contribution is 2.31. The molecule has 0 aromatic heterocycles. The molecule has 0 saturated heterocycles. The molecule has 0 fully saturated rings. The summed E-state index contributed by atoms with van der Waals surface area (Å²) >= 11 is 3.11. The van der Waals surface area contributed by atoms with Gasteiger partial charge in [0.2, 0.25) is 0 Å². The van der Waals surface area contributed by atoms with Crippen molar-refractivity contribution in [2.24, 2.45) is 0 Å². The molecule has 1 rings (SSSR count). The van der Waals surface area contributed by atoms with E-state index in [0.717, 1.165) is 12.1 Å². The van der Waals surface area contributed by atoms with Gasteiger partial charge in [0.25, 0.3) is 5.91 Å². The third-order valence-electron chi connectivity index (χ3n) is 3.43. The van der Waals surface area contributed by atoms with Gasteiger partial charge in [-0.1, -0.05) is 0 Å². The van der Waals surface area contributed by atoms with Crippen LogP contribution < -0.4 is 5.32 Å². The van der Waals surface area contributed by atoms with Gasteiger partial charge in [0, 0.05) is 16.6 Å². The summed E-state index contributed by atoms with van der Waals surface area (Å²) in [6.07, 6.45) is -4.47. The first-order chi connectivity index (χ1) is 9.45. The Hall–Kier alpha value is -1.08. The van der Waals surface area contributed by atoms with Crippen LogP contribution in [-0.4, -0.2) is 37.0 Å². The van der Waals surface area contributed by atoms with Gasteiger partial charge in [-0.3, -0.25) is 4.79 Å². The number of nitrogens with one attached hydrogen (secondary N) is 1. The lowest BCUT2D eigenvalue weighted by Gasteiger charge is -2.32. The fraction of sp³-hybridized carbons (Fsp3) is 0.500. The molecule has 118 valence electrons. The van der Waals surface area contributed by atoms with Gasteiger partial charge in [-0.25, -0.2) is 0 Å². The molecule has 7 heteroatoms. The molecule has 0 atom stereocenters. The van der Waals surface area contributed by atoms with E-state index in [9.17, 15) is 18.0 Å². The Balaban J connectivity index is 2.93. The summed E-state index contributed by atoms with van der Waals surface area (Å²) in [5, 5.41) is 2.66. The zero-order valence-electron chi connectivity index (χ0n) is 12.3. The van der Waals surface area contributed by atoms with E-state index >= 15 is 0 Å². The number of likely N-dealkylation sites (N-methyl/N-ethyl adjacent to an activating group) is 1. The van der Waals surface area contributed by atoms with Crippen molar-refractivity contribution >= 4 is 21.8 Å². The first-order valence-corrected chi connectivity index (χ1v) is 7.07. The van der Waals surface area contributed by atoms with E-state index < -0.39 is 17.6 Å². The summed E-state index contributed by atoms with van der Waals surface area (Å²) in [6, 6.07) is 3.02. The molecule has 0 saturated carbocycles. The lowest BCUT2D eigenvalue weighted by Crippen LogP contribution is -2.48. The topological polar surface area (TPSA) is 32.3 Å². The molecule has 0 aliphatic carbocycles. The van der Waals surface area contributed by atoms with Crippen LogP contribution in [0.3, 0.4) is 0 Å². The third kappa shape index (κ3) is 4.71. The Labute approximate surface area is 130 Å². The zero-order chi connectivity index (χ0) is 16.4. The predicted molar refractivity (Wildman–Crippen MR) is 79.2 cm³/mol. The number of hydrogen-bond acceptors (Lipinski definition) is 2. The second-order valence-corrected chi connectivity index (χ2v) is 6.44. The van der Waals surface area contributed by atoms with Crippen LogP contribution in [0.25, 0.3) is 0 Å². The summed E-state index contributed by atoms with van der Waals surface area (Å²) < 4.78 is 38.4. The Morgan fingerprint density at radius 1 is 1.29 bits per heavy atom. The number of alkyl halides is 3. The van der Waals surface area contributed by atoms with E-state index in [1.165, 1.54) is 6.07 Å². The summed E-state index contributed by atoms with van der Waals surface area (Å²) in [5.74, 6) is -0.539. The third-order valence-corrected chi connectivity index (χ3v) is 4.12. The van der Waals surface area contributed by atoms with E-state index in [4.69, 9.17) is 0 Å². The highest BCUT2D eigenvalue weighted by Gasteiger charge is 2.31. The minimum absolute atomic E-state index is 0.0284. The minimum Gasteiger partial charge on any atom is -0.350 e. The molecular weight excluding hydrogens is 349 g/mol. The molecule has 1 aromatic rings.